The van der Waals surface area contributed by atoms with Crippen LogP contribution in [-0.4, -0.2) is 45.7 Å². The molecule has 2 amide bonds. The van der Waals surface area contributed by atoms with Crippen molar-refractivity contribution in [2.24, 2.45) is 16.8 Å². The molecule has 2 aromatic rings. The minimum atomic E-state index is -4.48. The second-order valence-electron chi connectivity index (χ2n) is 11.6. The molecular weight excluding hydrogens is 547 g/mol. The van der Waals surface area contributed by atoms with Crippen LogP contribution in [0, 0.1) is 11.8 Å². The molecule has 1 unspecified atom stereocenters. The molecule has 1 atom stereocenters. The van der Waals surface area contributed by atoms with Gasteiger partial charge in [-0.3, -0.25) is 19.4 Å². The number of carbonyl (C=O) groups is 3. The zero-order valence-corrected chi connectivity index (χ0v) is 24.2. The highest BCUT2D eigenvalue weighted by Crippen LogP contribution is 2.48. The van der Waals surface area contributed by atoms with E-state index in [0.717, 1.165) is 37.0 Å². The van der Waals surface area contributed by atoms with Crippen LogP contribution in [0.1, 0.15) is 98.8 Å². The van der Waals surface area contributed by atoms with Gasteiger partial charge in [0.05, 0.1) is 18.0 Å². The van der Waals surface area contributed by atoms with Gasteiger partial charge in [-0.2, -0.15) is 13.2 Å². The molecule has 7 nitrogen and oxygen atoms in total. The summed E-state index contributed by atoms with van der Waals surface area (Å²) in [6, 6.07) is 11.2. The maximum Gasteiger partial charge on any atom is 0.416 e. The van der Waals surface area contributed by atoms with E-state index in [4.69, 9.17) is 10.1 Å². The third kappa shape index (κ3) is 6.68. The van der Waals surface area contributed by atoms with E-state index < -0.39 is 23.4 Å². The van der Waals surface area contributed by atoms with Gasteiger partial charge in [0.1, 0.15) is 11.4 Å². The average molecular weight is 586 g/mol. The minimum Gasteiger partial charge on any atom is -0.481 e. The Morgan fingerprint density at radius 1 is 1.07 bits per heavy atom. The van der Waals surface area contributed by atoms with Crippen molar-refractivity contribution in [2.75, 3.05) is 6.54 Å². The zero-order valence-electron chi connectivity index (χ0n) is 24.2. The van der Waals surface area contributed by atoms with Gasteiger partial charge in [-0.15, -0.1) is 0 Å². The number of nitrogens with one attached hydrogen (secondary N) is 1. The van der Waals surface area contributed by atoms with Crippen molar-refractivity contribution in [1.82, 2.24) is 10.2 Å². The summed E-state index contributed by atoms with van der Waals surface area (Å²) in [6.07, 6.45) is -0.146. The molecule has 1 fully saturated rings. The van der Waals surface area contributed by atoms with Gasteiger partial charge in [-0.1, -0.05) is 51.5 Å². The highest BCUT2D eigenvalue weighted by molar-refractivity contribution is 6.46. The number of alkyl halides is 3. The molecule has 1 aliphatic heterocycles. The van der Waals surface area contributed by atoms with Crippen molar-refractivity contribution in [3.8, 4) is 0 Å². The Morgan fingerprint density at radius 2 is 1.69 bits per heavy atom. The van der Waals surface area contributed by atoms with Gasteiger partial charge in [0.25, 0.3) is 11.8 Å². The number of nitrogens with zero attached hydrogens (tertiary/aromatic N) is 2. The highest BCUT2D eigenvalue weighted by Gasteiger charge is 2.52. The summed E-state index contributed by atoms with van der Waals surface area (Å²) < 4.78 is 39.7. The molecule has 1 heterocycles. The van der Waals surface area contributed by atoms with Crippen molar-refractivity contribution in [1.29, 1.82) is 0 Å². The molecule has 1 saturated carbocycles. The number of carboxylic acids is 1. The smallest absolute Gasteiger partial charge is 0.416 e. The number of carbonyl (C=O) groups excluding carboxylic acids is 2. The summed E-state index contributed by atoms with van der Waals surface area (Å²) in [4.78, 5) is 44.3. The zero-order chi connectivity index (χ0) is 30.7. The van der Waals surface area contributed by atoms with E-state index in [1.165, 1.54) is 12.1 Å². The molecule has 1 aliphatic carbocycles. The average Bonchev–Trinajstić information content (AvgIpc) is 3.22. The van der Waals surface area contributed by atoms with E-state index >= 15 is 0 Å². The van der Waals surface area contributed by atoms with Crippen molar-refractivity contribution in [3.63, 3.8) is 0 Å². The molecular formula is C32H38F3N3O4. The Balaban J connectivity index is 1.67. The fraction of sp³-hybridized carbons (Fsp3) is 0.500. The van der Waals surface area contributed by atoms with E-state index in [1.807, 2.05) is 24.0 Å². The summed E-state index contributed by atoms with van der Waals surface area (Å²) in [7, 11) is 0. The van der Waals surface area contributed by atoms with E-state index in [0.29, 0.717) is 42.2 Å². The second kappa shape index (κ2) is 12.7. The molecule has 0 radical (unpaired) electrons. The second-order valence-corrected chi connectivity index (χ2v) is 11.6. The largest absolute Gasteiger partial charge is 0.481 e. The Kier molecular flexibility index (Phi) is 9.43. The van der Waals surface area contributed by atoms with Gasteiger partial charge in [-0.25, -0.2) is 0 Å². The van der Waals surface area contributed by atoms with Gasteiger partial charge in [0.15, 0.2) is 0 Å². The van der Waals surface area contributed by atoms with Crippen LogP contribution in [-0.2, 0) is 15.8 Å². The lowest BCUT2D eigenvalue weighted by Gasteiger charge is -2.46. The third-order valence-corrected chi connectivity index (χ3v) is 8.51. The van der Waals surface area contributed by atoms with Crippen LogP contribution in [0.3, 0.4) is 0 Å². The standard InChI is InChI=1S/C32H38F3N3O4/c1-4-5-26(22-6-8-24(9-7-22)29(41)36-19-16-27(39)40)38-30(42)28(23-10-12-25(13-11-23)32(33,34)35)37-31(38)17-14-21(15-18-31)20(2)3/h6-13,20-21,26H,4-5,14-19H2,1-3H3,(H,36,41)(H,39,40). The molecule has 4 rings (SSSR count). The predicted molar refractivity (Wildman–Crippen MR) is 153 cm³/mol. The fourth-order valence-electron chi connectivity index (χ4n) is 6.13. The van der Waals surface area contributed by atoms with Crippen LogP contribution in [0.4, 0.5) is 13.2 Å². The van der Waals surface area contributed by atoms with Crippen molar-refractivity contribution >= 4 is 23.5 Å². The molecule has 10 heteroatoms. The Labute approximate surface area is 244 Å². The van der Waals surface area contributed by atoms with Crippen LogP contribution in [0.5, 0.6) is 0 Å². The molecule has 2 aromatic carbocycles. The van der Waals surface area contributed by atoms with E-state index in [2.05, 4.69) is 19.2 Å². The summed E-state index contributed by atoms with van der Waals surface area (Å²) in [5.74, 6) is -0.693. The predicted octanol–water partition coefficient (Wildman–Crippen LogP) is 6.63. The molecule has 0 saturated heterocycles. The first-order chi connectivity index (χ1) is 19.9. The SMILES string of the molecule is CCCC(c1ccc(C(=O)NCCC(=O)O)cc1)N1C(=O)C(c2ccc(C(F)(F)F)cc2)=NC12CCC(C(C)C)CC2. The van der Waals surface area contributed by atoms with Crippen LogP contribution in [0.15, 0.2) is 53.5 Å². The first-order valence-corrected chi connectivity index (χ1v) is 14.6. The normalized spacial score (nSPS) is 21.5. The van der Waals surface area contributed by atoms with Crippen LogP contribution < -0.4 is 5.32 Å². The number of aliphatic imine (C=N–C) groups is 1. The molecule has 2 aliphatic rings. The Bertz CT molecular complexity index is 1310. The molecule has 0 aromatic heterocycles. The van der Waals surface area contributed by atoms with Gasteiger partial charge in [0, 0.05) is 17.7 Å². The number of amides is 2. The summed E-state index contributed by atoms with van der Waals surface area (Å²) >= 11 is 0. The molecule has 0 bridgehead atoms. The number of hydrogen-bond acceptors (Lipinski definition) is 4. The maximum absolute atomic E-state index is 14.2. The number of rotatable bonds is 10. The maximum atomic E-state index is 14.2. The molecule has 1 spiro atoms. The van der Waals surface area contributed by atoms with Crippen LogP contribution in [0.2, 0.25) is 0 Å². The van der Waals surface area contributed by atoms with E-state index in [-0.39, 0.29) is 36.5 Å². The lowest BCUT2D eigenvalue weighted by molar-refractivity contribution is -0.138. The monoisotopic (exact) mass is 585 g/mol. The fourth-order valence-corrected chi connectivity index (χ4v) is 6.13. The number of benzene rings is 2. The Morgan fingerprint density at radius 3 is 2.21 bits per heavy atom. The van der Waals surface area contributed by atoms with Crippen molar-refractivity contribution in [2.45, 2.75) is 83.6 Å². The lowest BCUT2D eigenvalue weighted by Crippen LogP contribution is -2.51. The summed E-state index contributed by atoms with van der Waals surface area (Å²) in [5, 5.41) is 11.4. The summed E-state index contributed by atoms with van der Waals surface area (Å²) in [5.41, 5.74) is 0.180. The lowest BCUT2D eigenvalue weighted by atomic mass is 9.76. The van der Waals surface area contributed by atoms with Crippen LogP contribution >= 0.6 is 0 Å². The minimum absolute atomic E-state index is 0.0145. The first-order valence-electron chi connectivity index (χ1n) is 14.6. The van der Waals surface area contributed by atoms with Gasteiger partial charge in [-0.05, 0) is 73.8 Å². The Hall–Kier alpha value is -3.69. The number of hydrogen-bond donors (Lipinski definition) is 2. The molecule has 42 heavy (non-hydrogen) atoms. The van der Waals surface area contributed by atoms with Crippen LogP contribution in [0.25, 0.3) is 0 Å². The van der Waals surface area contributed by atoms with Gasteiger partial charge >= 0.3 is 12.1 Å². The van der Waals surface area contributed by atoms with Gasteiger partial charge < -0.3 is 15.3 Å². The van der Waals surface area contributed by atoms with Crippen molar-refractivity contribution < 1.29 is 32.7 Å². The van der Waals surface area contributed by atoms with E-state index in [9.17, 15) is 27.6 Å². The van der Waals surface area contributed by atoms with E-state index in [1.54, 1.807) is 12.1 Å². The number of carboxylic acid groups (broad SMARTS) is 1. The third-order valence-electron chi connectivity index (χ3n) is 8.51. The molecule has 226 valence electrons. The number of halogens is 3. The van der Waals surface area contributed by atoms with Gasteiger partial charge in [0.2, 0.25) is 0 Å². The summed E-state index contributed by atoms with van der Waals surface area (Å²) in [6.45, 7) is 6.42. The quantitative estimate of drug-likeness (QED) is 0.327. The number of aliphatic carboxylic acids is 1. The molecule has 2 N–H and O–H groups in total. The van der Waals surface area contributed by atoms with Crippen molar-refractivity contribution in [3.05, 3.63) is 70.8 Å². The topological polar surface area (TPSA) is 99.1 Å². The highest BCUT2D eigenvalue weighted by atomic mass is 19.4. The first kappa shape index (κ1) is 31.3.